The summed E-state index contributed by atoms with van der Waals surface area (Å²) in [5.74, 6) is -0.812. The average molecular weight is 265 g/mol. The Morgan fingerprint density at radius 2 is 2.26 bits per heavy atom. The van der Waals surface area contributed by atoms with Gasteiger partial charge >= 0.3 is 5.97 Å². The SMILES string of the molecule is COC(=O)c1ccccc1N1C(=O)COCC1CO. The van der Waals surface area contributed by atoms with Crippen LogP contribution >= 0.6 is 0 Å². The highest BCUT2D eigenvalue weighted by molar-refractivity contribution is 6.03. The molecule has 1 heterocycles. The number of benzene rings is 1. The summed E-state index contributed by atoms with van der Waals surface area (Å²) in [6.45, 7) is -0.0645. The third-order valence-corrected chi connectivity index (χ3v) is 2.95. The van der Waals surface area contributed by atoms with Gasteiger partial charge < -0.3 is 19.5 Å². The molecule has 0 aliphatic carbocycles. The Morgan fingerprint density at radius 1 is 1.53 bits per heavy atom. The van der Waals surface area contributed by atoms with E-state index >= 15 is 0 Å². The van der Waals surface area contributed by atoms with E-state index in [0.717, 1.165) is 0 Å². The largest absolute Gasteiger partial charge is 0.465 e. The number of para-hydroxylation sites is 1. The number of aliphatic hydroxyl groups excluding tert-OH is 1. The fraction of sp³-hybridized carbons (Fsp3) is 0.385. The van der Waals surface area contributed by atoms with Gasteiger partial charge in [0.1, 0.15) is 6.61 Å². The van der Waals surface area contributed by atoms with Crippen molar-refractivity contribution in [2.45, 2.75) is 6.04 Å². The molecule has 1 amide bonds. The highest BCUT2D eigenvalue weighted by Crippen LogP contribution is 2.25. The number of amides is 1. The highest BCUT2D eigenvalue weighted by atomic mass is 16.5. The Labute approximate surface area is 110 Å². The summed E-state index contributed by atoms with van der Waals surface area (Å²) in [7, 11) is 1.28. The maximum atomic E-state index is 12.0. The first-order valence-electron chi connectivity index (χ1n) is 5.87. The summed E-state index contributed by atoms with van der Waals surface area (Å²) >= 11 is 0. The summed E-state index contributed by atoms with van der Waals surface area (Å²) in [4.78, 5) is 25.1. The molecule has 0 spiro atoms. The van der Waals surface area contributed by atoms with Gasteiger partial charge in [-0.2, -0.15) is 0 Å². The lowest BCUT2D eigenvalue weighted by Crippen LogP contribution is -2.52. The van der Waals surface area contributed by atoms with E-state index in [1.807, 2.05) is 0 Å². The molecule has 0 radical (unpaired) electrons. The number of hydrogen-bond acceptors (Lipinski definition) is 5. The molecule has 0 saturated carbocycles. The van der Waals surface area contributed by atoms with Gasteiger partial charge in [-0.3, -0.25) is 4.79 Å². The first-order valence-corrected chi connectivity index (χ1v) is 5.87. The van der Waals surface area contributed by atoms with Crippen LogP contribution in [0.1, 0.15) is 10.4 Å². The number of carbonyl (C=O) groups excluding carboxylic acids is 2. The molecular weight excluding hydrogens is 250 g/mol. The molecule has 0 aromatic heterocycles. The normalized spacial score (nSPS) is 19.4. The lowest BCUT2D eigenvalue weighted by atomic mass is 10.1. The molecule has 2 rings (SSSR count). The van der Waals surface area contributed by atoms with Gasteiger partial charge in [-0.05, 0) is 12.1 Å². The number of rotatable bonds is 3. The number of esters is 1. The zero-order valence-corrected chi connectivity index (χ0v) is 10.5. The molecule has 1 aromatic rings. The summed E-state index contributed by atoms with van der Waals surface area (Å²) in [5.41, 5.74) is 0.723. The fourth-order valence-electron chi connectivity index (χ4n) is 2.06. The number of aliphatic hydroxyl groups is 1. The van der Waals surface area contributed by atoms with Crippen molar-refractivity contribution in [2.75, 3.05) is 31.8 Å². The third-order valence-electron chi connectivity index (χ3n) is 2.95. The first-order chi connectivity index (χ1) is 9.19. The predicted octanol–water partition coefficient (Wildman–Crippen LogP) is 0.197. The zero-order valence-electron chi connectivity index (χ0n) is 10.5. The van der Waals surface area contributed by atoms with Crippen LogP contribution in [0.2, 0.25) is 0 Å². The van der Waals surface area contributed by atoms with Crippen molar-refractivity contribution in [3.63, 3.8) is 0 Å². The van der Waals surface area contributed by atoms with Crippen LogP contribution in [0, 0.1) is 0 Å². The van der Waals surface area contributed by atoms with E-state index in [1.54, 1.807) is 24.3 Å². The summed E-state index contributed by atoms with van der Waals surface area (Å²) < 4.78 is 9.80. The Hall–Kier alpha value is -1.92. The van der Waals surface area contributed by atoms with E-state index in [-0.39, 0.29) is 25.7 Å². The molecule has 6 nitrogen and oxygen atoms in total. The van der Waals surface area contributed by atoms with Crippen molar-refractivity contribution in [3.8, 4) is 0 Å². The van der Waals surface area contributed by atoms with Crippen molar-refractivity contribution in [2.24, 2.45) is 0 Å². The smallest absolute Gasteiger partial charge is 0.339 e. The van der Waals surface area contributed by atoms with Gasteiger partial charge in [0, 0.05) is 0 Å². The molecule has 1 atom stereocenters. The van der Waals surface area contributed by atoms with Crippen LogP contribution in [0.25, 0.3) is 0 Å². The van der Waals surface area contributed by atoms with Crippen LogP contribution in [0.3, 0.4) is 0 Å². The molecule has 1 aliphatic heterocycles. The van der Waals surface area contributed by atoms with Crippen molar-refractivity contribution in [3.05, 3.63) is 29.8 Å². The molecule has 1 aromatic carbocycles. The fourth-order valence-corrected chi connectivity index (χ4v) is 2.06. The predicted molar refractivity (Wildman–Crippen MR) is 67.0 cm³/mol. The average Bonchev–Trinajstić information content (AvgIpc) is 2.46. The van der Waals surface area contributed by atoms with Gasteiger partial charge in [0.25, 0.3) is 5.91 Å². The summed E-state index contributed by atoms with van der Waals surface area (Å²) in [6, 6.07) is 6.15. The van der Waals surface area contributed by atoms with Gasteiger partial charge in [0.15, 0.2) is 0 Å². The van der Waals surface area contributed by atoms with Crippen molar-refractivity contribution < 1.29 is 24.2 Å². The monoisotopic (exact) mass is 265 g/mol. The minimum Gasteiger partial charge on any atom is -0.465 e. The quantitative estimate of drug-likeness (QED) is 0.790. The van der Waals surface area contributed by atoms with E-state index in [1.165, 1.54) is 12.0 Å². The van der Waals surface area contributed by atoms with E-state index in [2.05, 4.69) is 0 Å². The van der Waals surface area contributed by atoms with Crippen LogP contribution in [-0.2, 0) is 14.3 Å². The molecule has 102 valence electrons. The van der Waals surface area contributed by atoms with Crippen LogP contribution in [0.4, 0.5) is 5.69 Å². The molecule has 1 aliphatic rings. The molecule has 1 unspecified atom stereocenters. The van der Waals surface area contributed by atoms with E-state index in [4.69, 9.17) is 9.47 Å². The Morgan fingerprint density at radius 3 is 2.95 bits per heavy atom. The molecule has 0 bridgehead atoms. The molecule has 19 heavy (non-hydrogen) atoms. The standard InChI is InChI=1S/C13H15NO5/c1-18-13(17)10-4-2-3-5-11(10)14-9(6-15)7-19-8-12(14)16/h2-5,9,15H,6-8H2,1H3. The van der Waals surface area contributed by atoms with Gasteiger partial charge in [0.2, 0.25) is 0 Å². The molecular formula is C13H15NO5. The molecule has 1 N–H and O–H groups in total. The number of nitrogens with zero attached hydrogens (tertiary/aromatic N) is 1. The van der Waals surface area contributed by atoms with Crippen LogP contribution in [-0.4, -0.2) is 50.0 Å². The first kappa shape index (κ1) is 13.5. The number of carbonyl (C=O) groups is 2. The number of hydrogen-bond donors (Lipinski definition) is 1. The number of anilines is 1. The maximum Gasteiger partial charge on any atom is 0.339 e. The molecule has 1 saturated heterocycles. The van der Waals surface area contributed by atoms with Crippen LogP contribution in [0.15, 0.2) is 24.3 Å². The molecule has 6 heteroatoms. The number of morpholine rings is 1. The van der Waals surface area contributed by atoms with Crippen LogP contribution < -0.4 is 4.90 Å². The Bertz CT molecular complexity index is 488. The Balaban J connectivity index is 2.44. The maximum absolute atomic E-state index is 12.0. The van der Waals surface area contributed by atoms with Gasteiger partial charge in [-0.1, -0.05) is 12.1 Å². The zero-order chi connectivity index (χ0) is 13.8. The summed E-state index contributed by atoms with van der Waals surface area (Å²) in [5, 5.41) is 9.34. The van der Waals surface area contributed by atoms with Crippen LogP contribution in [0.5, 0.6) is 0 Å². The highest BCUT2D eigenvalue weighted by Gasteiger charge is 2.32. The second-order valence-electron chi connectivity index (χ2n) is 4.12. The lowest BCUT2D eigenvalue weighted by molar-refractivity contribution is -0.128. The lowest BCUT2D eigenvalue weighted by Gasteiger charge is -2.35. The van der Waals surface area contributed by atoms with Gasteiger partial charge in [-0.25, -0.2) is 4.79 Å². The summed E-state index contributed by atoms with van der Waals surface area (Å²) in [6.07, 6.45) is 0. The van der Waals surface area contributed by atoms with Crippen molar-refractivity contribution >= 4 is 17.6 Å². The van der Waals surface area contributed by atoms with Crippen molar-refractivity contribution in [1.29, 1.82) is 0 Å². The Kier molecular flexibility index (Phi) is 4.13. The second-order valence-corrected chi connectivity index (χ2v) is 4.12. The minimum atomic E-state index is -0.522. The van der Waals surface area contributed by atoms with Crippen molar-refractivity contribution in [1.82, 2.24) is 0 Å². The van der Waals surface area contributed by atoms with E-state index < -0.39 is 12.0 Å². The minimum absolute atomic E-state index is 0.0635. The second kappa shape index (κ2) is 5.81. The van der Waals surface area contributed by atoms with E-state index in [9.17, 15) is 14.7 Å². The molecule has 1 fully saturated rings. The third kappa shape index (κ3) is 2.59. The van der Waals surface area contributed by atoms with Gasteiger partial charge in [-0.15, -0.1) is 0 Å². The number of methoxy groups -OCH3 is 1. The topological polar surface area (TPSA) is 76.1 Å². The number of ether oxygens (including phenoxy) is 2. The van der Waals surface area contributed by atoms with Gasteiger partial charge in [0.05, 0.1) is 37.6 Å². The van der Waals surface area contributed by atoms with E-state index in [0.29, 0.717) is 11.3 Å².